The molecule has 0 bridgehead atoms. The number of benzene rings is 1. The van der Waals surface area contributed by atoms with Gasteiger partial charge in [0.05, 0.1) is 11.6 Å². The number of rotatable bonds is 2. The second-order valence-electron chi connectivity index (χ2n) is 4.59. The largest absolute Gasteiger partial charge is 0.289 e. The van der Waals surface area contributed by atoms with Gasteiger partial charge in [0, 0.05) is 0 Å². The van der Waals surface area contributed by atoms with Crippen molar-refractivity contribution in [1.29, 1.82) is 0 Å². The maximum absolute atomic E-state index is 13.3. The van der Waals surface area contributed by atoms with Gasteiger partial charge in [-0.05, 0) is 24.3 Å². The van der Waals surface area contributed by atoms with Crippen molar-refractivity contribution in [2.45, 2.75) is 4.32 Å². The third-order valence-corrected chi connectivity index (χ3v) is 4.39. The van der Waals surface area contributed by atoms with Gasteiger partial charge < -0.3 is 0 Å². The molecule has 1 aromatic carbocycles. The van der Waals surface area contributed by atoms with Crippen LogP contribution in [0.15, 0.2) is 54.4 Å². The van der Waals surface area contributed by atoms with Crippen molar-refractivity contribution >= 4 is 33.4 Å². The second-order valence-corrected chi connectivity index (χ2v) is 5.90. The normalized spacial score (nSPS) is 28.4. The molecule has 1 fully saturated rings. The molecule has 20 heavy (non-hydrogen) atoms. The van der Waals surface area contributed by atoms with Crippen molar-refractivity contribution in [3.63, 3.8) is 0 Å². The number of carbonyl (C=O) groups excluding carboxylic acids is 2. The number of para-hydroxylation sites is 1. The highest BCUT2D eigenvalue weighted by molar-refractivity contribution is 9.10. The van der Waals surface area contributed by atoms with Gasteiger partial charge in [-0.3, -0.25) is 15.0 Å². The van der Waals surface area contributed by atoms with E-state index in [1.165, 1.54) is 12.2 Å². The Morgan fingerprint density at radius 3 is 2.65 bits per heavy atom. The maximum atomic E-state index is 13.3. The molecule has 4 nitrogen and oxygen atoms in total. The number of hydrogen-bond acceptors (Lipinski definition) is 3. The quantitative estimate of drug-likeness (QED) is 0.667. The van der Waals surface area contributed by atoms with Gasteiger partial charge in [0.15, 0.2) is 0 Å². The Morgan fingerprint density at radius 1 is 1.25 bits per heavy atom. The average Bonchev–Trinajstić information content (AvgIpc) is 2.63. The molecule has 3 rings (SSSR count). The average molecular weight is 337 g/mol. The number of nitrogens with zero attached hydrogens (tertiary/aromatic N) is 1. The zero-order valence-corrected chi connectivity index (χ0v) is 11.8. The minimum Gasteiger partial charge on any atom is -0.289 e. The Balaban J connectivity index is 1.93. The third kappa shape index (κ3) is 1.87. The van der Waals surface area contributed by atoms with E-state index in [0.29, 0.717) is 5.69 Å². The van der Waals surface area contributed by atoms with Crippen LogP contribution in [-0.4, -0.2) is 21.1 Å². The van der Waals surface area contributed by atoms with E-state index in [-0.39, 0.29) is 0 Å². The summed E-state index contributed by atoms with van der Waals surface area (Å²) in [5.74, 6) is -2.35. The zero-order valence-electron chi connectivity index (χ0n) is 10.2. The van der Waals surface area contributed by atoms with Crippen LogP contribution in [0.2, 0.25) is 0 Å². The lowest BCUT2D eigenvalue weighted by Crippen LogP contribution is -2.39. The molecular weight excluding hydrogens is 327 g/mol. The minimum atomic E-state index is -1.21. The molecule has 1 heterocycles. The lowest BCUT2D eigenvalue weighted by atomic mass is 9.90. The van der Waals surface area contributed by atoms with Gasteiger partial charge in [-0.2, -0.15) is 5.01 Å². The summed E-state index contributed by atoms with van der Waals surface area (Å²) in [5.41, 5.74) is 3.36. The Labute approximate surface area is 123 Å². The molecule has 2 unspecified atom stereocenters. The summed E-state index contributed by atoms with van der Waals surface area (Å²) in [6.07, 6.45) is 3.71. The second kappa shape index (κ2) is 4.56. The molecule has 0 radical (unpaired) electrons. The smallest absolute Gasteiger partial charge is 0.270 e. The van der Waals surface area contributed by atoms with Gasteiger partial charge >= 0.3 is 0 Å². The predicted molar refractivity (Wildman–Crippen MR) is 75.4 cm³/mol. The molecule has 0 saturated carbocycles. The first-order valence-electron chi connectivity index (χ1n) is 5.98. The fraction of sp³-hybridized carbons (Fsp3) is 0.143. The molecule has 1 N–H and O–H groups in total. The molecular formula is C14H10BrFN2O2. The Kier molecular flexibility index (Phi) is 2.97. The lowest BCUT2D eigenvalue weighted by Gasteiger charge is -2.21. The Bertz CT molecular complexity index is 644. The van der Waals surface area contributed by atoms with E-state index in [2.05, 4.69) is 21.4 Å². The van der Waals surface area contributed by atoms with Crippen molar-refractivity contribution in [3.05, 3.63) is 54.4 Å². The standard InChI is InChI=1S/C14H10BrFN2O2/c15-14-7-6-9(16)8-11(14)12(19)18(13(14)20)17-10-4-2-1-3-5-10/h1-8,11,17H. The molecule has 1 aliphatic heterocycles. The van der Waals surface area contributed by atoms with Crippen LogP contribution in [0.5, 0.6) is 0 Å². The number of halogens is 2. The Morgan fingerprint density at radius 2 is 1.95 bits per heavy atom. The van der Waals surface area contributed by atoms with Crippen LogP contribution in [0, 0.1) is 5.92 Å². The van der Waals surface area contributed by atoms with Gasteiger partial charge in [-0.15, -0.1) is 0 Å². The number of amides is 2. The number of allylic oxidation sites excluding steroid dienone is 2. The van der Waals surface area contributed by atoms with E-state index in [1.807, 2.05) is 6.07 Å². The fourth-order valence-corrected chi connectivity index (χ4v) is 2.89. The summed E-state index contributed by atoms with van der Waals surface area (Å²) >= 11 is 3.26. The van der Waals surface area contributed by atoms with Crippen molar-refractivity contribution < 1.29 is 14.0 Å². The van der Waals surface area contributed by atoms with E-state index >= 15 is 0 Å². The number of fused-ring (bicyclic) bond motifs is 1. The van der Waals surface area contributed by atoms with E-state index in [9.17, 15) is 14.0 Å². The number of anilines is 1. The summed E-state index contributed by atoms with van der Waals surface area (Å²) in [6, 6.07) is 8.85. The third-order valence-electron chi connectivity index (χ3n) is 3.30. The van der Waals surface area contributed by atoms with Crippen LogP contribution < -0.4 is 5.43 Å². The number of alkyl halides is 1. The van der Waals surface area contributed by atoms with Crippen LogP contribution in [0.1, 0.15) is 0 Å². The number of hydrogen-bond donors (Lipinski definition) is 1. The van der Waals surface area contributed by atoms with Crippen LogP contribution in [0.25, 0.3) is 0 Å². The van der Waals surface area contributed by atoms with Gasteiger partial charge in [0.25, 0.3) is 11.8 Å². The number of imide groups is 1. The van der Waals surface area contributed by atoms with E-state index in [4.69, 9.17) is 0 Å². The van der Waals surface area contributed by atoms with E-state index in [0.717, 1.165) is 11.1 Å². The zero-order chi connectivity index (χ0) is 14.3. The van der Waals surface area contributed by atoms with Crippen LogP contribution in [0.4, 0.5) is 10.1 Å². The number of hydrazine groups is 1. The number of nitrogens with one attached hydrogen (secondary N) is 1. The van der Waals surface area contributed by atoms with Gasteiger partial charge in [0.1, 0.15) is 10.2 Å². The van der Waals surface area contributed by atoms with Gasteiger partial charge in [0.2, 0.25) is 0 Å². The Hall–Kier alpha value is -1.95. The topological polar surface area (TPSA) is 49.4 Å². The van der Waals surface area contributed by atoms with Crippen molar-refractivity contribution in [3.8, 4) is 0 Å². The highest BCUT2D eigenvalue weighted by Crippen LogP contribution is 2.43. The van der Waals surface area contributed by atoms with E-state index in [1.54, 1.807) is 24.3 Å². The first-order valence-corrected chi connectivity index (χ1v) is 6.77. The first kappa shape index (κ1) is 13.1. The maximum Gasteiger partial charge on any atom is 0.270 e. The summed E-state index contributed by atoms with van der Waals surface area (Å²) < 4.78 is 12.1. The SMILES string of the molecule is O=C1C2C=C(F)C=CC2(Br)C(=O)N1Nc1ccccc1. The first-order chi connectivity index (χ1) is 9.52. The molecule has 1 aliphatic carbocycles. The minimum absolute atomic E-state index is 0.462. The van der Waals surface area contributed by atoms with E-state index < -0.39 is 27.9 Å². The molecule has 102 valence electrons. The summed E-state index contributed by atoms with van der Waals surface area (Å²) in [4.78, 5) is 24.6. The lowest BCUT2D eigenvalue weighted by molar-refractivity contribution is -0.137. The van der Waals surface area contributed by atoms with Gasteiger partial charge in [-0.1, -0.05) is 40.2 Å². The fourth-order valence-electron chi connectivity index (χ4n) is 2.25. The van der Waals surface area contributed by atoms with Crippen LogP contribution >= 0.6 is 15.9 Å². The molecule has 0 spiro atoms. The van der Waals surface area contributed by atoms with Crippen molar-refractivity contribution in [2.75, 3.05) is 5.43 Å². The molecule has 2 atom stereocenters. The van der Waals surface area contributed by atoms with Crippen LogP contribution in [0.3, 0.4) is 0 Å². The van der Waals surface area contributed by atoms with Crippen molar-refractivity contribution in [2.24, 2.45) is 5.92 Å². The van der Waals surface area contributed by atoms with Crippen molar-refractivity contribution in [1.82, 2.24) is 5.01 Å². The molecule has 6 heteroatoms. The molecule has 1 aromatic rings. The summed E-state index contributed by atoms with van der Waals surface area (Å²) in [7, 11) is 0. The predicted octanol–water partition coefficient (Wildman–Crippen LogP) is 2.56. The summed E-state index contributed by atoms with van der Waals surface area (Å²) in [5, 5.41) is 0.925. The molecule has 0 aromatic heterocycles. The van der Waals surface area contributed by atoms with Crippen LogP contribution in [-0.2, 0) is 9.59 Å². The molecule has 1 saturated heterocycles. The molecule has 2 aliphatic rings. The van der Waals surface area contributed by atoms with Gasteiger partial charge in [-0.25, -0.2) is 4.39 Å². The molecule has 2 amide bonds. The number of carbonyl (C=O) groups is 2. The highest BCUT2D eigenvalue weighted by atomic mass is 79.9. The monoisotopic (exact) mass is 336 g/mol. The summed E-state index contributed by atoms with van der Waals surface area (Å²) in [6.45, 7) is 0. The highest BCUT2D eigenvalue weighted by Gasteiger charge is 2.57.